The molecule has 0 atom stereocenters. The summed E-state index contributed by atoms with van der Waals surface area (Å²) >= 11 is 0. The minimum absolute atomic E-state index is 1.14. The molecule has 0 saturated heterocycles. The summed E-state index contributed by atoms with van der Waals surface area (Å²) in [5.74, 6) is 0. The molecule has 0 unspecified atom stereocenters. The van der Waals surface area contributed by atoms with Crippen LogP contribution in [0.15, 0.2) is 200 Å². The van der Waals surface area contributed by atoms with Gasteiger partial charge in [0.2, 0.25) is 0 Å². The fraction of sp³-hybridized carbons (Fsp3) is 0. The highest BCUT2D eigenvalue weighted by molar-refractivity contribution is 6.69. The maximum Gasteiger partial charge on any atom is 0.141 e. The van der Waals surface area contributed by atoms with E-state index in [9.17, 15) is 0 Å². The molecule has 2 aromatic heterocycles. The highest BCUT2D eigenvalue weighted by Gasteiger charge is 2.26. The van der Waals surface area contributed by atoms with Crippen LogP contribution in [-0.4, -0.2) is 64.1 Å². The second-order valence-electron chi connectivity index (χ2n) is 19.1. The summed E-state index contributed by atoms with van der Waals surface area (Å²) in [5, 5.41) is 5.20. The number of aromatic nitrogens is 2. The first-order valence-electron chi connectivity index (χ1n) is 24.3. The molecule has 0 aliphatic carbocycles. The second kappa shape index (κ2) is 16.8. The lowest BCUT2D eigenvalue weighted by Crippen LogP contribution is -2.48. The molecule has 0 radical (unpaired) electrons. The van der Waals surface area contributed by atoms with Crippen molar-refractivity contribution in [3.63, 3.8) is 0 Å². The highest BCUT2D eigenvalue weighted by Crippen LogP contribution is 2.41. The molecule has 0 saturated carbocycles. The molecule has 318 valence electrons. The summed E-state index contributed by atoms with van der Waals surface area (Å²) in [4.78, 5) is 0. The minimum atomic E-state index is 1.14. The molecule has 0 amide bonds. The van der Waals surface area contributed by atoms with Crippen molar-refractivity contribution in [2.75, 3.05) is 0 Å². The Balaban J connectivity index is 1.13. The topological polar surface area (TPSA) is 9.86 Å². The third kappa shape index (κ3) is 6.81. The van der Waals surface area contributed by atoms with E-state index in [0.717, 1.165) is 5.69 Å². The summed E-state index contributed by atoms with van der Waals surface area (Å²) in [6.07, 6.45) is 0. The monoisotopic (exact) mass is 872 g/mol. The zero-order valence-corrected chi connectivity index (χ0v) is 40.4. The SMILES string of the molecule is Bc1c(B)c(B)c2c(c1B)c1c(B)c(-c3ccc4c(c3)c3c(-c5cccc(-c6ccccc6)c5)cccc3n4-c3ccc(-c4ccccc4)cc3)c(B)c(B)c1n2-c1cccc(-c2ccccc2)c1. The van der Waals surface area contributed by atoms with Crippen LogP contribution in [0.3, 0.4) is 0 Å². The molecule has 12 aromatic rings. The summed E-state index contributed by atoms with van der Waals surface area (Å²) < 4.78 is 5.05. The van der Waals surface area contributed by atoms with Gasteiger partial charge in [-0.15, -0.1) is 5.46 Å². The van der Waals surface area contributed by atoms with Crippen molar-refractivity contribution in [3.05, 3.63) is 200 Å². The Morgan fingerprint density at radius 3 is 1.41 bits per heavy atom. The van der Waals surface area contributed by atoms with Gasteiger partial charge in [0.25, 0.3) is 0 Å². The highest BCUT2D eigenvalue weighted by atomic mass is 15.0. The first-order valence-corrected chi connectivity index (χ1v) is 24.3. The van der Waals surface area contributed by atoms with Gasteiger partial charge in [-0.1, -0.05) is 184 Å². The van der Waals surface area contributed by atoms with Gasteiger partial charge in [-0.25, -0.2) is 0 Å². The molecule has 0 N–H and O–H groups in total. The van der Waals surface area contributed by atoms with Gasteiger partial charge in [-0.05, 0) is 110 Å². The van der Waals surface area contributed by atoms with Crippen molar-refractivity contribution in [1.29, 1.82) is 0 Å². The van der Waals surface area contributed by atoms with E-state index in [1.165, 1.54) is 143 Å². The van der Waals surface area contributed by atoms with Crippen LogP contribution >= 0.6 is 0 Å². The standard InChI is InChI=1S/C60H47B7N2/c61-52-48(53(62)57(66)59-50(52)51-54(63)55(64)56(65)58(67)60(51)69(59)43-22-11-20-39(32-43)36-17-8-3-9-18-36)41-27-30-46-45(33-41)49-44(40-21-10-19-38(31-40)35-15-6-2-7-16-35)23-12-24-47(49)68(46)42-28-25-37(26-29-42)34-13-4-1-5-14-34/h1-33H,61-67H2. The number of rotatable bonds is 7. The van der Waals surface area contributed by atoms with E-state index in [2.05, 4.69) is 264 Å². The molecule has 0 aliphatic heterocycles. The molecule has 0 fully saturated rings. The molecule has 2 heterocycles. The van der Waals surface area contributed by atoms with E-state index in [1.807, 2.05) is 0 Å². The van der Waals surface area contributed by atoms with Crippen molar-refractivity contribution < 1.29 is 0 Å². The fourth-order valence-corrected chi connectivity index (χ4v) is 11.5. The molecule has 9 heteroatoms. The zero-order valence-electron chi connectivity index (χ0n) is 40.4. The average Bonchev–Trinajstić information content (AvgIpc) is 3.94. The second-order valence-corrected chi connectivity index (χ2v) is 19.1. The molecule has 69 heavy (non-hydrogen) atoms. The van der Waals surface area contributed by atoms with Crippen LogP contribution in [0, 0.1) is 0 Å². The van der Waals surface area contributed by atoms with Crippen molar-refractivity contribution >= 4 is 137 Å². The Hall–Kier alpha value is -7.75. The smallest absolute Gasteiger partial charge is 0.141 e. The summed E-state index contributed by atoms with van der Waals surface area (Å²) in [7, 11) is 16.3. The Labute approximate surface area is 410 Å². The molecule has 2 nitrogen and oxygen atoms in total. The van der Waals surface area contributed by atoms with E-state index in [-0.39, 0.29) is 0 Å². The Morgan fingerprint density at radius 2 is 0.754 bits per heavy atom. The first-order chi connectivity index (χ1) is 33.7. The first kappa shape index (κ1) is 42.6. The van der Waals surface area contributed by atoms with E-state index in [4.69, 9.17) is 0 Å². The van der Waals surface area contributed by atoms with Gasteiger partial charge in [-0.2, -0.15) is 0 Å². The molecule has 10 aromatic carbocycles. The summed E-state index contributed by atoms with van der Waals surface area (Å²) in [6.45, 7) is 0. The summed E-state index contributed by atoms with van der Waals surface area (Å²) in [6, 6.07) is 73.5. The van der Waals surface area contributed by atoms with Gasteiger partial charge in [0.15, 0.2) is 0 Å². The van der Waals surface area contributed by atoms with Gasteiger partial charge >= 0.3 is 0 Å². The van der Waals surface area contributed by atoms with Crippen molar-refractivity contribution in [3.8, 4) is 67.0 Å². The van der Waals surface area contributed by atoms with E-state index >= 15 is 0 Å². The third-order valence-corrected chi connectivity index (χ3v) is 15.4. The largest absolute Gasteiger partial charge is 0.310 e. The van der Waals surface area contributed by atoms with Crippen LogP contribution in [0.2, 0.25) is 0 Å². The van der Waals surface area contributed by atoms with E-state index in [0.29, 0.717) is 0 Å². The molecule has 0 aliphatic rings. The van der Waals surface area contributed by atoms with Gasteiger partial charge in [0.05, 0.1) is 11.0 Å². The maximum atomic E-state index is 2.58. The van der Waals surface area contributed by atoms with Crippen LogP contribution in [0.25, 0.3) is 111 Å². The Kier molecular flexibility index (Phi) is 10.4. The number of nitrogens with zero attached hydrogens (tertiary/aromatic N) is 2. The third-order valence-electron chi connectivity index (χ3n) is 15.4. The number of fused-ring (bicyclic) bond motifs is 6. The van der Waals surface area contributed by atoms with Crippen LogP contribution in [0.1, 0.15) is 0 Å². The predicted molar refractivity (Wildman–Crippen MR) is 320 cm³/mol. The van der Waals surface area contributed by atoms with Gasteiger partial charge < -0.3 is 9.13 Å². The van der Waals surface area contributed by atoms with E-state index < -0.39 is 0 Å². The normalized spacial score (nSPS) is 11.6. The number of hydrogen-bond donors (Lipinski definition) is 0. The minimum Gasteiger partial charge on any atom is -0.310 e. The lowest BCUT2D eigenvalue weighted by molar-refractivity contribution is 1.18. The lowest BCUT2D eigenvalue weighted by atomic mass is 9.64. The molecule has 0 bridgehead atoms. The molecule has 12 rings (SSSR count). The maximum absolute atomic E-state index is 2.58. The fourth-order valence-electron chi connectivity index (χ4n) is 11.5. The van der Waals surface area contributed by atoms with Crippen molar-refractivity contribution in [2.24, 2.45) is 0 Å². The van der Waals surface area contributed by atoms with Crippen LogP contribution < -0.4 is 38.2 Å². The molecular formula is C60H47B7N2. The molecule has 0 spiro atoms. The van der Waals surface area contributed by atoms with Gasteiger partial charge in [0, 0.05) is 38.6 Å². The Morgan fingerprint density at radius 1 is 0.261 bits per heavy atom. The van der Waals surface area contributed by atoms with Crippen molar-refractivity contribution in [2.45, 2.75) is 0 Å². The van der Waals surface area contributed by atoms with Gasteiger partial charge in [0.1, 0.15) is 54.9 Å². The van der Waals surface area contributed by atoms with Crippen LogP contribution in [0.4, 0.5) is 0 Å². The number of benzene rings is 10. The number of hydrogen-bond acceptors (Lipinski definition) is 0. The van der Waals surface area contributed by atoms with Crippen LogP contribution in [0.5, 0.6) is 0 Å². The molecular weight excluding hydrogens is 824 g/mol. The lowest BCUT2D eigenvalue weighted by Gasteiger charge is -2.19. The van der Waals surface area contributed by atoms with Crippen molar-refractivity contribution in [1.82, 2.24) is 9.13 Å². The van der Waals surface area contributed by atoms with Gasteiger partial charge in [-0.3, -0.25) is 0 Å². The van der Waals surface area contributed by atoms with Crippen LogP contribution in [-0.2, 0) is 0 Å². The predicted octanol–water partition coefficient (Wildman–Crippen LogP) is 4.02. The van der Waals surface area contributed by atoms with E-state index in [1.54, 1.807) is 0 Å². The Bertz CT molecular complexity index is 4010. The summed E-state index contributed by atoms with van der Waals surface area (Å²) in [5.41, 5.74) is 28.9. The average molecular weight is 872 g/mol. The zero-order chi connectivity index (χ0) is 47.1. The quantitative estimate of drug-likeness (QED) is 0.215.